The van der Waals surface area contributed by atoms with Crippen molar-refractivity contribution in [1.82, 2.24) is 25.2 Å². The van der Waals surface area contributed by atoms with Crippen LogP contribution in [0, 0.1) is 13.8 Å². The predicted octanol–water partition coefficient (Wildman–Crippen LogP) is 2.82. The first-order chi connectivity index (χ1) is 13.5. The molecule has 0 aliphatic rings. The van der Waals surface area contributed by atoms with Gasteiger partial charge in [0.05, 0.1) is 30.0 Å². The van der Waals surface area contributed by atoms with Crippen LogP contribution in [-0.2, 0) is 11.3 Å². The molecule has 9 heteroatoms. The number of hydrogen-bond acceptors (Lipinski definition) is 7. The van der Waals surface area contributed by atoms with E-state index < -0.39 is 5.97 Å². The number of nitrogens with one attached hydrogen (secondary N) is 1. The molecule has 1 aromatic carbocycles. The number of Topliss-reactive ketones (excluding diaryl/α,β-unsaturated/α-hetero) is 1. The van der Waals surface area contributed by atoms with Gasteiger partial charge in [0, 0.05) is 11.4 Å². The molecule has 146 valence electrons. The summed E-state index contributed by atoms with van der Waals surface area (Å²) in [6.45, 7) is 6.02. The summed E-state index contributed by atoms with van der Waals surface area (Å²) in [7, 11) is 0. The summed E-state index contributed by atoms with van der Waals surface area (Å²) in [4.78, 5) is 28.2. The van der Waals surface area contributed by atoms with Crippen molar-refractivity contribution < 1.29 is 14.3 Å². The fourth-order valence-electron chi connectivity index (χ4n) is 2.95. The maximum Gasteiger partial charge on any atom is 0.340 e. The van der Waals surface area contributed by atoms with Crippen LogP contribution in [0.15, 0.2) is 35.5 Å². The van der Waals surface area contributed by atoms with E-state index in [2.05, 4.69) is 20.5 Å². The molecule has 0 amide bonds. The van der Waals surface area contributed by atoms with Gasteiger partial charge in [-0.05, 0) is 36.8 Å². The van der Waals surface area contributed by atoms with E-state index in [9.17, 15) is 9.59 Å². The molecular formula is C19H21N5O3S. The minimum Gasteiger partial charge on any atom is -0.462 e. The smallest absolute Gasteiger partial charge is 0.340 e. The van der Waals surface area contributed by atoms with Crippen LogP contribution in [0.3, 0.4) is 0 Å². The second kappa shape index (κ2) is 8.83. The first-order valence-electron chi connectivity index (χ1n) is 8.83. The average Bonchev–Trinajstić information content (AvgIpc) is 3.23. The number of aromatic nitrogens is 5. The van der Waals surface area contributed by atoms with E-state index in [0.717, 1.165) is 5.56 Å². The first kappa shape index (κ1) is 19.8. The van der Waals surface area contributed by atoms with Gasteiger partial charge in [-0.2, -0.15) is 0 Å². The average molecular weight is 399 g/mol. The van der Waals surface area contributed by atoms with Crippen LogP contribution < -0.4 is 0 Å². The van der Waals surface area contributed by atoms with Crippen LogP contribution in [0.4, 0.5) is 0 Å². The Bertz CT molecular complexity index is 981. The second-order valence-corrected chi connectivity index (χ2v) is 7.10. The van der Waals surface area contributed by atoms with Crippen molar-refractivity contribution in [3.63, 3.8) is 0 Å². The summed E-state index contributed by atoms with van der Waals surface area (Å²) in [5.41, 5.74) is 3.00. The van der Waals surface area contributed by atoms with Crippen LogP contribution >= 0.6 is 11.8 Å². The largest absolute Gasteiger partial charge is 0.462 e. The fraction of sp³-hybridized carbons (Fsp3) is 0.316. The number of ketones is 1. The highest BCUT2D eigenvalue weighted by molar-refractivity contribution is 7.99. The lowest BCUT2D eigenvalue weighted by molar-refractivity contribution is 0.0522. The Kier molecular flexibility index (Phi) is 6.25. The Labute approximate surface area is 166 Å². The molecule has 0 atom stereocenters. The summed E-state index contributed by atoms with van der Waals surface area (Å²) in [5.74, 6) is -0.560. The number of carbonyl (C=O) groups excluding carboxylic acids is 2. The van der Waals surface area contributed by atoms with E-state index in [4.69, 9.17) is 4.74 Å². The van der Waals surface area contributed by atoms with Gasteiger partial charge in [0.1, 0.15) is 0 Å². The van der Waals surface area contributed by atoms with Crippen molar-refractivity contribution >= 4 is 23.5 Å². The Hall–Kier alpha value is -2.94. The molecule has 0 fully saturated rings. The molecule has 0 aliphatic heterocycles. The molecular weight excluding hydrogens is 378 g/mol. The van der Waals surface area contributed by atoms with Crippen LogP contribution in [0.25, 0.3) is 0 Å². The summed E-state index contributed by atoms with van der Waals surface area (Å²) in [6, 6.07) is 9.81. The van der Waals surface area contributed by atoms with E-state index in [-0.39, 0.29) is 18.1 Å². The highest BCUT2D eigenvalue weighted by Gasteiger charge is 2.25. The minimum absolute atomic E-state index is 0.111. The van der Waals surface area contributed by atoms with Crippen molar-refractivity contribution in [2.24, 2.45) is 0 Å². The Morgan fingerprint density at radius 3 is 2.57 bits per heavy atom. The molecule has 0 aliphatic carbocycles. The SMILES string of the molecule is CCOC(=O)c1c(C)[nH]c(C)c1C(=O)CSc1nnnn1Cc1ccccc1. The van der Waals surface area contributed by atoms with Gasteiger partial charge in [0.2, 0.25) is 5.16 Å². The topological polar surface area (TPSA) is 103 Å². The maximum absolute atomic E-state index is 12.8. The van der Waals surface area contributed by atoms with Crippen molar-refractivity contribution in [2.75, 3.05) is 12.4 Å². The molecule has 2 aromatic heterocycles. The lowest BCUT2D eigenvalue weighted by Gasteiger charge is -2.06. The molecule has 28 heavy (non-hydrogen) atoms. The van der Waals surface area contributed by atoms with Crippen molar-refractivity contribution in [2.45, 2.75) is 32.5 Å². The third kappa shape index (κ3) is 4.30. The number of aryl methyl sites for hydroxylation is 2. The Balaban J connectivity index is 1.74. The highest BCUT2D eigenvalue weighted by atomic mass is 32.2. The van der Waals surface area contributed by atoms with Gasteiger partial charge in [0.15, 0.2) is 5.78 Å². The van der Waals surface area contributed by atoms with Crippen LogP contribution in [-0.4, -0.2) is 49.3 Å². The second-order valence-electron chi connectivity index (χ2n) is 6.16. The molecule has 3 aromatic rings. The monoisotopic (exact) mass is 399 g/mol. The van der Waals surface area contributed by atoms with Gasteiger partial charge in [-0.3, -0.25) is 4.79 Å². The molecule has 0 bridgehead atoms. The van der Waals surface area contributed by atoms with Gasteiger partial charge in [-0.25, -0.2) is 9.48 Å². The molecule has 3 rings (SSSR count). The quantitative estimate of drug-likeness (QED) is 0.353. The number of hydrogen-bond donors (Lipinski definition) is 1. The molecule has 0 unspecified atom stereocenters. The number of aromatic amines is 1. The summed E-state index contributed by atoms with van der Waals surface area (Å²) < 4.78 is 6.74. The molecule has 0 radical (unpaired) electrons. The lowest BCUT2D eigenvalue weighted by Crippen LogP contribution is -2.13. The Morgan fingerprint density at radius 2 is 1.86 bits per heavy atom. The maximum atomic E-state index is 12.8. The van der Waals surface area contributed by atoms with Crippen molar-refractivity contribution in [3.05, 3.63) is 58.4 Å². The van der Waals surface area contributed by atoms with Crippen molar-refractivity contribution in [3.8, 4) is 0 Å². The predicted molar refractivity (Wildman–Crippen MR) is 105 cm³/mol. The number of thioether (sulfide) groups is 1. The molecule has 1 N–H and O–H groups in total. The number of rotatable bonds is 8. The fourth-order valence-corrected chi connectivity index (χ4v) is 3.69. The zero-order chi connectivity index (χ0) is 20.1. The number of carbonyl (C=O) groups is 2. The van der Waals surface area contributed by atoms with E-state index in [0.29, 0.717) is 34.2 Å². The number of nitrogens with zero attached hydrogens (tertiary/aromatic N) is 4. The Morgan fingerprint density at radius 1 is 1.14 bits per heavy atom. The van der Waals surface area contributed by atoms with E-state index in [1.807, 2.05) is 30.3 Å². The minimum atomic E-state index is -0.494. The first-order valence-corrected chi connectivity index (χ1v) is 9.82. The van der Waals surface area contributed by atoms with E-state index in [1.54, 1.807) is 25.5 Å². The molecule has 0 saturated carbocycles. The van der Waals surface area contributed by atoms with Crippen LogP contribution in [0.2, 0.25) is 0 Å². The van der Waals surface area contributed by atoms with Crippen LogP contribution in [0.5, 0.6) is 0 Å². The van der Waals surface area contributed by atoms with E-state index >= 15 is 0 Å². The zero-order valence-corrected chi connectivity index (χ0v) is 16.7. The number of ether oxygens (including phenoxy) is 1. The number of esters is 1. The normalized spacial score (nSPS) is 10.8. The summed E-state index contributed by atoms with van der Waals surface area (Å²) in [6.07, 6.45) is 0. The molecule has 8 nitrogen and oxygen atoms in total. The highest BCUT2D eigenvalue weighted by Crippen LogP contribution is 2.23. The molecule has 0 saturated heterocycles. The summed E-state index contributed by atoms with van der Waals surface area (Å²) >= 11 is 1.24. The zero-order valence-electron chi connectivity index (χ0n) is 15.9. The van der Waals surface area contributed by atoms with Crippen LogP contribution in [0.1, 0.15) is 44.6 Å². The van der Waals surface area contributed by atoms with Gasteiger partial charge in [0.25, 0.3) is 0 Å². The van der Waals surface area contributed by atoms with E-state index in [1.165, 1.54) is 11.8 Å². The number of tetrazole rings is 1. The third-order valence-electron chi connectivity index (χ3n) is 4.14. The standard InChI is InChI=1S/C19H21N5O3S/c1-4-27-18(26)17-13(3)20-12(2)16(17)15(25)11-28-19-21-22-23-24(19)10-14-8-6-5-7-9-14/h5-9,20H,4,10-11H2,1-3H3. The van der Waals surface area contributed by atoms with Gasteiger partial charge in [-0.15, -0.1) is 5.10 Å². The molecule has 0 spiro atoms. The lowest BCUT2D eigenvalue weighted by atomic mass is 10.1. The number of H-pyrrole nitrogens is 1. The van der Waals surface area contributed by atoms with Gasteiger partial charge >= 0.3 is 5.97 Å². The third-order valence-corrected chi connectivity index (χ3v) is 5.10. The van der Waals surface area contributed by atoms with Gasteiger partial charge in [-0.1, -0.05) is 42.1 Å². The van der Waals surface area contributed by atoms with Gasteiger partial charge < -0.3 is 9.72 Å². The van der Waals surface area contributed by atoms with Crippen molar-refractivity contribution in [1.29, 1.82) is 0 Å². The summed E-state index contributed by atoms with van der Waals surface area (Å²) in [5, 5.41) is 12.3. The molecule has 2 heterocycles. The number of benzene rings is 1.